The smallest absolute Gasteiger partial charge is 0.230 e. The summed E-state index contributed by atoms with van der Waals surface area (Å²) in [6.07, 6.45) is 1.12. The number of phenols is 1. The highest BCUT2D eigenvalue weighted by Gasteiger charge is 2.13. The van der Waals surface area contributed by atoms with Crippen LogP contribution in [-0.2, 0) is 0 Å². The average Bonchev–Trinajstić information content (AvgIpc) is 2.62. The summed E-state index contributed by atoms with van der Waals surface area (Å²) in [7, 11) is 2.91. The summed E-state index contributed by atoms with van der Waals surface area (Å²) in [6, 6.07) is 7.29. The van der Waals surface area contributed by atoms with Gasteiger partial charge in [-0.05, 0) is 18.2 Å². The van der Waals surface area contributed by atoms with E-state index in [4.69, 9.17) is 18.9 Å². The number of methoxy groups -OCH3 is 2. The molecule has 0 aliphatic carbocycles. The molecule has 0 aliphatic heterocycles. The molecule has 2 rings (SSSR count). The summed E-state index contributed by atoms with van der Waals surface area (Å²) in [5.74, 6) is 1.19. The molecule has 0 heterocycles. The number of carbonyl (C=O) groups excluding carboxylic acids is 2. The number of hydrogen-bond acceptors (Lipinski definition) is 7. The summed E-state index contributed by atoms with van der Waals surface area (Å²) < 4.78 is 21.1. The molecular formula is C17H16O7. The maximum Gasteiger partial charge on any atom is 0.230 e. The predicted molar refractivity (Wildman–Crippen MR) is 84.6 cm³/mol. The van der Waals surface area contributed by atoms with Crippen molar-refractivity contribution in [1.82, 2.24) is 0 Å². The molecule has 2 aromatic rings. The Kier molecular flexibility index (Phi) is 5.62. The maximum atomic E-state index is 11.3. The summed E-state index contributed by atoms with van der Waals surface area (Å²) in [4.78, 5) is 22.0. The molecule has 0 fully saturated rings. The summed E-state index contributed by atoms with van der Waals surface area (Å²) in [6.45, 7) is -0.222. The Bertz CT molecular complexity index is 740. The number of phenolic OH excluding ortho intramolecular Hbond substituents is 1. The van der Waals surface area contributed by atoms with Crippen molar-refractivity contribution in [2.75, 3.05) is 21.0 Å². The van der Waals surface area contributed by atoms with Crippen molar-refractivity contribution in [2.45, 2.75) is 0 Å². The van der Waals surface area contributed by atoms with Gasteiger partial charge in [0.2, 0.25) is 6.79 Å². The fourth-order valence-electron chi connectivity index (χ4n) is 1.98. The van der Waals surface area contributed by atoms with Crippen molar-refractivity contribution >= 4 is 12.6 Å². The van der Waals surface area contributed by atoms with Crippen LogP contribution >= 0.6 is 0 Å². The Balaban J connectivity index is 2.14. The van der Waals surface area contributed by atoms with Gasteiger partial charge in [-0.1, -0.05) is 0 Å². The molecule has 0 radical (unpaired) electrons. The van der Waals surface area contributed by atoms with Crippen LogP contribution in [0.3, 0.4) is 0 Å². The summed E-state index contributed by atoms with van der Waals surface area (Å²) in [5, 5.41) is 9.44. The second kappa shape index (κ2) is 7.87. The van der Waals surface area contributed by atoms with Crippen LogP contribution in [0.5, 0.6) is 28.7 Å². The van der Waals surface area contributed by atoms with Gasteiger partial charge < -0.3 is 24.1 Å². The largest absolute Gasteiger partial charge is 0.507 e. The van der Waals surface area contributed by atoms with E-state index in [1.807, 2.05) is 0 Å². The average molecular weight is 332 g/mol. The Morgan fingerprint density at radius 2 is 1.67 bits per heavy atom. The molecule has 0 saturated heterocycles. The first-order valence-corrected chi connectivity index (χ1v) is 6.88. The maximum absolute atomic E-state index is 11.3. The van der Waals surface area contributed by atoms with Crippen LogP contribution in [-0.4, -0.2) is 38.7 Å². The molecule has 7 nitrogen and oxygen atoms in total. The zero-order valence-corrected chi connectivity index (χ0v) is 13.1. The second-order valence-corrected chi connectivity index (χ2v) is 4.60. The third-order valence-electron chi connectivity index (χ3n) is 3.22. The van der Waals surface area contributed by atoms with E-state index in [2.05, 4.69) is 0 Å². The minimum atomic E-state index is -0.222. The number of benzene rings is 2. The third kappa shape index (κ3) is 3.75. The highest BCUT2D eigenvalue weighted by Crippen LogP contribution is 2.33. The molecule has 1 N–H and O–H groups in total. The van der Waals surface area contributed by atoms with Crippen LogP contribution < -0.4 is 18.9 Å². The molecule has 126 valence electrons. The molecule has 0 aliphatic rings. The number of rotatable bonds is 8. The molecule has 0 saturated carbocycles. The van der Waals surface area contributed by atoms with Crippen molar-refractivity contribution in [3.63, 3.8) is 0 Å². The molecule has 7 heteroatoms. The quantitative estimate of drug-likeness (QED) is 0.586. The van der Waals surface area contributed by atoms with Gasteiger partial charge in [-0.25, -0.2) is 0 Å². The van der Waals surface area contributed by atoms with E-state index < -0.39 is 0 Å². The van der Waals surface area contributed by atoms with Crippen molar-refractivity contribution < 1.29 is 33.6 Å². The lowest BCUT2D eigenvalue weighted by molar-refractivity contribution is 0.107. The molecule has 0 bridgehead atoms. The Labute approximate surface area is 138 Å². The lowest BCUT2D eigenvalue weighted by atomic mass is 10.2. The van der Waals surface area contributed by atoms with Gasteiger partial charge in [0, 0.05) is 12.1 Å². The van der Waals surface area contributed by atoms with Crippen molar-refractivity contribution in [1.29, 1.82) is 0 Å². The summed E-state index contributed by atoms with van der Waals surface area (Å²) >= 11 is 0. The normalized spacial score (nSPS) is 9.92. The SMILES string of the molecule is COc1cc(OC)c(C=O)c(OCOc2ccc(O)c(C=O)c2)c1. The lowest BCUT2D eigenvalue weighted by Crippen LogP contribution is -2.08. The number of ether oxygens (including phenoxy) is 4. The van der Waals surface area contributed by atoms with Gasteiger partial charge in [0.25, 0.3) is 0 Å². The molecule has 0 unspecified atom stereocenters. The fraction of sp³-hybridized carbons (Fsp3) is 0.176. The van der Waals surface area contributed by atoms with Crippen LogP contribution in [0, 0.1) is 0 Å². The molecule has 0 aromatic heterocycles. The summed E-state index contributed by atoms with van der Waals surface area (Å²) in [5.41, 5.74) is 0.324. The minimum absolute atomic E-state index is 0.101. The van der Waals surface area contributed by atoms with Crippen molar-refractivity contribution in [3.05, 3.63) is 41.5 Å². The van der Waals surface area contributed by atoms with Gasteiger partial charge in [-0.3, -0.25) is 9.59 Å². The van der Waals surface area contributed by atoms with Crippen LogP contribution in [0.2, 0.25) is 0 Å². The first kappa shape index (κ1) is 17.1. The molecule has 0 amide bonds. The van der Waals surface area contributed by atoms with E-state index in [0.29, 0.717) is 29.8 Å². The Hall–Kier alpha value is -3.22. The van der Waals surface area contributed by atoms with E-state index in [1.165, 1.54) is 38.5 Å². The highest BCUT2D eigenvalue weighted by atomic mass is 16.7. The molecule has 24 heavy (non-hydrogen) atoms. The number of hydrogen-bond donors (Lipinski definition) is 1. The first-order valence-electron chi connectivity index (χ1n) is 6.88. The number of carbonyl (C=O) groups is 2. The Morgan fingerprint density at radius 1 is 0.917 bits per heavy atom. The van der Waals surface area contributed by atoms with E-state index in [0.717, 1.165) is 0 Å². The van der Waals surface area contributed by atoms with Gasteiger partial charge in [-0.2, -0.15) is 0 Å². The van der Waals surface area contributed by atoms with Gasteiger partial charge in [-0.15, -0.1) is 0 Å². The fourth-order valence-corrected chi connectivity index (χ4v) is 1.98. The van der Waals surface area contributed by atoms with E-state index in [9.17, 15) is 14.7 Å². The first-order chi connectivity index (χ1) is 11.6. The molecular weight excluding hydrogens is 316 g/mol. The second-order valence-electron chi connectivity index (χ2n) is 4.60. The number of aldehydes is 2. The van der Waals surface area contributed by atoms with Crippen molar-refractivity contribution in [2.24, 2.45) is 0 Å². The highest BCUT2D eigenvalue weighted by molar-refractivity contribution is 5.84. The zero-order chi connectivity index (χ0) is 17.5. The van der Waals surface area contributed by atoms with E-state index in [1.54, 1.807) is 6.07 Å². The zero-order valence-electron chi connectivity index (χ0n) is 13.1. The number of aromatic hydroxyl groups is 1. The van der Waals surface area contributed by atoms with Crippen LogP contribution in [0.15, 0.2) is 30.3 Å². The van der Waals surface area contributed by atoms with Gasteiger partial charge in [0.15, 0.2) is 12.6 Å². The minimum Gasteiger partial charge on any atom is -0.507 e. The molecule has 2 aromatic carbocycles. The van der Waals surface area contributed by atoms with Gasteiger partial charge >= 0.3 is 0 Å². The van der Waals surface area contributed by atoms with E-state index in [-0.39, 0.29) is 29.4 Å². The monoisotopic (exact) mass is 332 g/mol. The van der Waals surface area contributed by atoms with Gasteiger partial charge in [0.1, 0.15) is 28.7 Å². The molecule has 0 atom stereocenters. The topological polar surface area (TPSA) is 91.3 Å². The van der Waals surface area contributed by atoms with Crippen LogP contribution in [0.25, 0.3) is 0 Å². The lowest BCUT2D eigenvalue weighted by Gasteiger charge is -2.14. The van der Waals surface area contributed by atoms with Crippen LogP contribution in [0.1, 0.15) is 20.7 Å². The third-order valence-corrected chi connectivity index (χ3v) is 3.22. The molecule has 0 spiro atoms. The Morgan fingerprint density at radius 3 is 2.29 bits per heavy atom. The van der Waals surface area contributed by atoms with Crippen LogP contribution in [0.4, 0.5) is 0 Å². The standard InChI is InChI=1S/C17H16O7/c1-21-13-6-16(22-2)14(9-19)17(7-13)24-10-23-12-3-4-15(20)11(5-12)8-18/h3-9,20H,10H2,1-2H3. The van der Waals surface area contributed by atoms with E-state index >= 15 is 0 Å². The van der Waals surface area contributed by atoms with Gasteiger partial charge in [0.05, 0.1) is 25.3 Å². The van der Waals surface area contributed by atoms with Crippen molar-refractivity contribution in [3.8, 4) is 28.7 Å². The predicted octanol–water partition coefficient (Wildman–Crippen LogP) is 2.45.